The number of hydrogen-bond donors (Lipinski definition) is 2. The van der Waals surface area contributed by atoms with Crippen molar-refractivity contribution in [2.24, 2.45) is 5.73 Å². The zero-order valence-corrected chi connectivity index (χ0v) is 16.2. The van der Waals surface area contributed by atoms with Crippen molar-refractivity contribution in [1.29, 1.82) is 0 Å². The van der Waals surface area contributed by atoms with Crippen LogP contribution in [0.4, 0.5) is 5.69 Å². The average Bonchev–Trinajstić information content (AvgIpc) is 2.70. The molecule has 0 saturated heterocycles. The summed E-state index contributed by atoms with van der Waals surface area (Å²) in [6, 6.07) is 13.7. The second-order valence-electron chi connectivity index (χ2n) is 7.15. The summed E-state index contributed by atoms with van der Waals surface area (Å²) in [5.74, 6) is -1.45. The van der Waals surface area contributed by atoms with E-state index in [-0.39, 0.29) is 24.3 Å². The Bertz CT molecular complexity index is 910. The number of carbonyl (C=O) groups excluding carboxylic acids is 2. The minimum absolute atomic E-state index is 0.186. The summed E-state index contributed by atoms with van der Waals surface area (Å²) in [7, 11) is 0. The van der Waals surface area contributed by atoms with Crippen LogP contribution in [0.25, 0.3) is 0 Å². The smallest absolute Gasteiger partial charge is 0.311 e. The zero-order chi connectivity index (χ0) is 21.0. The van der Waals surface area contributed by atoms with Crippen LogP contribution in [0.3, 0.4) is 0 Å². The molecule has 2 amide bonds. The summed E-state index contributed by atoms with van der Waals surface area (Å²) in [4.78, 5) is 37.2. The van der Waals surface area contributed by atoms with E-state index in [4.69, 9.17) is 10.5 Å². The van der Waals surface area contributed by atoms with Crippen LogP contribution in [0.2, 0.25) is 0 Å². The van der Waals surface area contributed by atoms with Gasteiger partial charge in [-0.2, -0.15) is 0 Å². The molecule has 1 aliphatic rings. The minimum atomic E-state index is -0.880. The summed E-state index contributed by atoms with van der Waals surface area (Å²) >= 11 is 0. The maximum absolute atomic E-state index is 13.2. The lowest BCUT2D eigenvalue weighted by atomic mass is 9.85. The fraction of sp³-hybridized carbons (Fsp3) is 0.318. The molecule has 2 unspecified atom stereocenters. The van der Waals surface area contributed by atoms with Crippen LogP contribution in [0, 0.1) is 0 Å². The Hall–Kier alpha value is -3.35. The summed E-state index contributed by atoms with van der Waals surface area (Å²) in [6.45, 7) is 2.23. The van der Waals surface area contributed by atoms with Gasteiger partial charge < -0.3 is 20.5 Å². The Morgan fingerprint density at radius 1 is 1.14 bits per heavy atom. The summed E-state index contributed by atoms with van der Waals surface area (Å²) in [5, 5.41) is 9.55. The van der Waals surface area contributed by atoms with Crippen LogP contribution < -0.4 is 15.4 Å². The van der Waals surface area contributed by atoms with Gasteiger partial charge in [-0.25, -0.2) is 0 Å². The first-order valence-electron chi connectivity index (χ1n) is 9.55. The van der Waals surface area contributed by atoms with E-state index in [1.54, 1.807) is 53.4 Å². The van der Waals surface area contributed by atoms with E-state index in [9.17, 15) is 19.5 Å². The van der Waals surface area contributed by atoms with Gasteiger partial charge in [-0.05, 0) is 55.7 Å². The van der Waals surface area contributed by atoms with Crippen LogP contribution in [0.5, 0.6) is 5.75 Å². The van der Waals surface area contributed by atoms with Gasteiger partial charge in [0.2, 0.25) is 5.91 Å². The third kappa shape index (κ3) is 4.56. The number of hydrogen-bond acceptors (Lipinski definition) is 4. The first-order chi connectivity index (χ1) is 13.9. The van der Waals surface area contributed by atoms with Crippen LogP contribution in [-0.2, 0) is 9.59 Å². The first kappa shape index (κ1) is 20.4. The number of fused-ring (bicyclic) bond motifs is 1. The number of aliphatic carboxylic acids is 1. The number of carbonyl (C=O) groups is 3. The molecular formula is C22H24N2O5. The van der Waals surface area contributed by atoms with Crippen molar-refractivity contribution in [3.8, 4) is 5.75 Å². The van der Waals surface area contributed by atoms with Gasteiger partial charge in [-0.15, -0.1) is 0 Å². The topological polar surface area (TPSA) is 110 Å². The van der Waals surface area contributed by atoms with Gasteiger partial charge in [-0.1, -0.05) is 18.2 Å². The highest BCUT2D eigenvalue weighted by Crippen LogP contribution is 2.39. The number of primary amides is 1. The second-order valence-corrected chi connectivity index (χ2v) is 7.15. The number of para-hydroxylation sites is 1. The van der Waals surface area contributed by atoms with E-state index in [1.807, 2.05) is 6.92 Å². The first-order valence-corrected chi connectivity index (χ1v) is 9.55. The van der Waals surface area contributed by atoms with Crippen LogP contribution in [0.1, 0.15) is 48.0 Å². The van der Waals surface area contributed by atoms with Gasteiger partial charge in [-0.3, -0.25) is 14.4 Å². The number of carboxylic acids is 1. The number of ether oxygens (including phenoxy) is 1. The number of carboxylic acid groups (broad SMARTS) is 1. The monoisotopic (exact) mass is 396 g/mol. The summed E-state index contributed by atoms with van der Waals surface area (Å²) in [5.41, 5.74) is 6.88. The van der Waals surface area contributed by atoms with Crippen molar-refractivity contribution in [3.63, 3.8) is 0 Å². The Morgan fingerprint density at radius 2 is 1.83 bits per heavy atom. The molecule has 0 aromatic heterocycles. The molecule has 0 fully saturated rings. The third-order valence-corrected chi connectivity index (χ3v) is 5.04. The highest BCUT2D eigenvalue weighted by molar-refractivity contribution is 6.07. The molecule has 0 saturated carbocycles. The van der Waals surface area contributed by atoms with Crippen molar-refractivity contribution < 1.29 is 24.2 Å². The molecule has 0 radical (unpaired) electrons. The third-order valence-electron chi connectivity index (χ3n) is 5.04. The van der Waals surface area contributed by atoms with Crippen molar-refractivity contribution in [1.82, 2.24) is 0 Å². The molecule has 3 rings (SSSR count). The zero-order valence-electron chi connectivity index (χ0n) is 16.2. The van der Waals surface area contributed by atoms with Gasteiger partial charge in [0.05, 0.1) is 12.5 Å². The highest BCUT2D eigenvalue weighted by Gasteiger charge is 2.37. The molecule has 7 heteroatoms. The van der Waals surface area contributed by atoms with E-state index >= 15 is 0 Å². The molecule has 3 N–H and O–H groups in total. The second kappa shape index (κ2) is 8.77. The molecule has 1 aliphatic heterocycles. The predicted octanol–water partition coefficient (Wildman–Crippen LogP) is 2.94. The number of nitrogens with two attached hydrogens (primary N) is 1. The Morgan fingerprint density at radius 3 is 2.48 bits per heavy atom. The van der Waals surface area contributed by atoms with Gasteiger partial charge in [0, 0.05) is 23.7 Å². The summed E-state index contributed by atoms with van der Waals surface area (Å²) in [6.07, 6.45) is 1.15. The Labute approximate surface area is 169 Å². The molecule has 2 aromatic carbocycles. The normalized spacial score (nSPS) is 18.0. The lowest BCUT2D eigenvalue weighted by Gasteiger charge is -2.38. The molecule has 29 heavy (non-hydrogen) atoms. The van der Waals surface area contributed by atoms with E-state index in [2.05, 4.69) is 0 Å². The van der Waals surface area contributed by atoms with Crippen LogP contribution in [-0.4, -0.2) is 35.5 Å². The van der Waals surface area contributed by atoms with E-state index in [0.29, 0.717) is 42.0 Å². The Kier molecular flexibility index (Phi) is 6.16. The molecule has 7 nitrogen and oxygen atoms in total. The molecule has 0 spiro atoms. The molecule has 152 valence electrons. The molecular weight excluding hydrogens is 372 g/mol. The quantitative estimate of drug-likeness (QED) is 0.699. The number of benzene rings is 2. The molecule has 2 atom stereocenters. The maximum Gasteiger partial charge on any atom is 0.311 e. The van der Waals surface area contributed by atoms with Gasteiger partial charge >= 0.3 is 5.97 Å². The van der Waals surface area contributed by atoms with Gasteiger partial charge in [0.1, 0.15) is 5.75 Å². The standard InChI is InChI=1S/C22H24N2O5/c1-14-13-18(22(27)28)17-5-2-3-6-19(17)24(14)21(26)15-8-10-16(11-9-15)29-12-4-7-20(23)25/h2-3,5-6,8-11,14,18H,4,7,12-13H2,1H3,(H2,23,25)(H,27,28). The highest BCUT2D eigenvalue weighted by atomic mass is 16.5. The van der Waals surface area contributed by atoms with Crippen molar-refractivity contribution in [2.75, 3.05) is 11.5 Å². The maximum atomic E-state index is 13.2. The SMILES string of the molecule is CC1CC(C(=O)O)c2ccccc2N1C(=O)c1ccc(OCCCC(N)=O)cc1. The number of anilines is 1. The fourth-order valence-electron chi connectivity index (χ4n) is 3.63. The van der Waals surface area contributed by atoms with Crippen LogP contribution in [0.15, 0.2) is 48.5 Å². The van der Waals surface area contributed by atoms with E-state index in [1.165, 1.54) is 0 Å². The van der Waals surface area contributed by atoms with Gasteiger partial charge in [0.25, 0.3) is 5.91 Å². The Balaban J connectivity index is 1.76. The largest absolute Gasteiger partial charge is 0.494 e. The van der Waals surface area contributed by atoms with Gasteiger partial charge in [0.15, 0.2) is 0 Å². The lowest BCUT2D eigenvalue weighted by molar-refractivity contribution is -0.139. The lowest BCUT2D eigenvalue weighted by Crippen LogP contribution is -2.44. The van der Waals surface area contributed by atoms with Crippen molar-refractivity contribution in [3.05, 3.63) is 59.7 Å². The molecule has 0 aliphatic carbocycles. The minimum Gasteiger partial charge on any atom is -0.494 e. The van der Waals surface area contributed by atoms with E-state index in [0.717, 1.165) is 0 Å². The number of rotatable bonds is 7. The summed E-state index contributed by atoms with van der Waals surface area (Å²) < 4.78 is 5.56. The average molecular weight is 396 g/mol. The van der Waals surface area contributed by atoms with Crippen LogP contribution >= 0.6 is 0 Å². The number of nitrogens with zero attached hydrogens (tertiary/aromatic N) is 1. The molecule has 1 heterocycles. The predicted molar refractivity (Wildman–Crippen MR) is 108 cm³/mol. The van der Waals surface area contributed by atoms with Crippen molar-refractivity contribution in [2.45, 2.75) is 38.1 Å². The fourth-order valence-corrected chi connectivity index (χ4v) is 3.63. The molecule has 0 bridgehead atoms. The number of amides is 2. The molecule has 2 aromatic rings. The van der Waals surface area contributed by atoms with E-state index < -0.39 is 11.9 Å². The van der Waals surface area contributed by atoms with Crippen molar-refractivity contribution >= 4 is 23.5 Å².